The molecule has 0 aliphatic carbocycles. The average molecular weight is 321 g/mol. The van der Waals surface area contributed by atoms with Crippen LogP contribution in [0.2, 0.25) is 0 Å². The molecular weight excluding hydrogens is 302 g/mol. The van der Waals surface area contributed by atoms with Gasteiger partial charge in [-0.3, -0.25) is 4.79 Å². The number of nitrogens with zero attached hydrogens (tertiary/aromatic N) is 1. The van der Waals surface area contributed by atoms with Gasteiger partial charge in [0, 0.05) is 6.54 Å². The Balaban J connectivity index is 1.89. The minimum absolute atomic E-state index is 0.0748. The summed E-state index contributed by atoms with van der Waals surface area (Å²) in [4.78, 5) is 26.4. The molecule has 0 aromatic heterocycles. The van der Waals surface area contributed by atoms with E-state index < -0.39 is 5.97 Å². The van der Waals surface area contributed by atoms with E-state index in [1.165, 1.54) is 11.6 Å². The van der Waals surface area contributed by atoms with Crippen LogP contribution in [0.15, 0.2) is 42.5 Å². The number of aromatic carboxylic acids is 1. The van der Waals surface area contributed by atoms with E-state index in [1.54, 1.807) is 6.07 Å². The highest BCUT2D eigenvalue weighted by Crippen LogP contribution is 2.47. The van der Waals surface area contributed by atoms with Crippen molar-refractivity contribution >= 4 is 11.9 Å². The third kappa shape index (κ3) is 1.99. The van der Waals surface area contributed by atoms with Gasteiger partial charge in [-0.15, -0.1) is 0 Å². The van der Waals surface area contributed by atoms with E-state index >= 15 is 0 Å². The van der Waals surface area contributed by atoms with Gasteiger partial charge in [0.1, 0.15) is 0 Å². The zero-order valence-electron chi connectivity index (χ0n) is 13.7. The van der Waals surface area contributed by atoms with Crippen LogP contribution in [0.3, 0.4) is 0 Å². The highest BCUT2D eigenvalue weighted by molar-refractivity contribution is 6.08. The van der Waals surface area contributed by atoms with E-state index in [4.69, 9.17) is 0 Å². The Morgan fingerprint density at radius 2 is 1.92 bits per heavy atom. The molecule has 2 aliphatic rings. The number of carbonyl (C=O) groups is 2. The molecule has 2 aliphatic heterocycles. The largest absolute Gasteiger partial charge is 0.478 e. The van der Waals surface area contributed by atoms with E-state index in [1.807, 2.05) is 23.1 Å². The quantitative estimate of drug-likeness (QED) is 0.870. The first-order chi connectivity index (χ1) is 11.4. The van der Waals surface area contributed by atoms with Crippen LogP contribution in [-0.2, 0) is 12.0 Å². The van der Waals surface area contributed by atoms with Crippen LogP contribution >= 0.6 is 0 Å². The summed E-state index contributed by atoms with van der Waals surface area (Å²) in [6.45, 7) is 4.91. The second-order valence-electron chi connectivity index (χ2n) is 7.27. The maximum absolute atomic E-state index is 13.0. The van der Waals surface area contributed by atoms with Crippen LogP contribution in [0.25, 0.3) is 0 Å². The summed E-state index contributed by atoms with van der Waals surface area (Å²) >= 11 is 0. The van der Waals surface area contributed by atoms with Crippen molar-refractivity contribution in [1.82, 2.24) is 4.90 Å². The van der Waals surface area contributed by atoms with Gasteiger partial charge in [0.2, 0.25) is 0 Å². The summed E-state index contributed by atoms with van der Waals surface area (Å²) in [5.41, 5.74) is 3.64. The number of amides is 1. The molecule has 4 heteroatoms. The molecule has 1 atom stereocenters. The summed E-state index contributed by atoms with van der Waals surface area (Å²) in [5.74, 6) is -1.21. The second kappa shape index (κ2) is 4.94. The van der Waals surface area contributed by atoms with Gasteiger partial charge in [0.25, 0.3) is 5.91 Å². The van der Waals surface area contributed by atoms with Crippen molar-refractivity contribution in [3.63, 3.8) is 0 Å². The van der Waals surface area contributed by atoms with Gasteiger partial charge >= 0.3 is 5.97 Å². The molecular formula is C20H19NO3. The molecule has 1 N–H and O–H groups in total. The second-order valence-corrected chi connectivity index (χ2v) is 7.27. The Morgan fingerprint density at radius 1 is 1.17 bits per heavy atom. The molecule has 4 nitrogen and oxygen atoms in total. The van der Waals surface area contributed by atoms with Gasteiger partial charge in [-0.2, -0.15) is 0 Å². The van der Waals surface area contributed by atoms with Gasteiger partial charge in [-0.1, -0.05) is 50.2 Å². The monoisotopic (exact) mass is 321 g/mol. The molecule has 24 heavy (non-hydrogen) atoms. The normalized spacial score (nSPS) is 20.8. The maximum Gasteiger partial charge on any atom is 0.336 e. The zero-order valence-corrected chi connectivity index (χ0v) is 13.7. The lowest BCUT2D eigenvalue weighted by Crippen LogP contribution is -2.28. The van der Waals surface area contributed by atoms with Crippen molar-refractivity contribution in [2.45, 2.75) is 38.3 Å². The Bertz CT molecular complexity index is 869. The molecule has 0 spiro atoms. The number of benzene rings is 2. The summed E-state index contributed by atoms with van der Waals surface area (Å²) < 4.78 is 0. The van der Waals surface area contributed by atoms with E-state index in [2.05, 4.69) is 26.0 Å². The Kier molecular flexibility index (Phi) is 3.07. The predicted octanol–water partition coefficient (Wildman–Crippen LogP) is 3.76. The van der Waals surface area contributed by atoms with Crippen LogP contribution in [0.5, 0.6) is 0 Å². The fourth-order valence-electron chi connectivity index (χ4n) is 4.22. The summed E-state index contributed by atoms with van der Waals surface area (Å²) in [5, 5.41) is 9.45. The average Bonchev–Trinajstić information content (AvgIpc) is 2.73. The topological polar surface area (TPSA) is 57.6 Å². The third-order valence-electron chi connectivity index (χ3n) is 5.33. The van der Waals surface area contributed by atoms with Gasteiger partial charge in [-0.25, -0.2) is 4.79 Å². The minimum Gasteiger partial charge on any atom is -0.478 e. The van der Waals surface area contributed by atoms with E-state index in [9.17, 15) is 14.7 Å². The molecule has 0 saturated heterocycles. The summed E-state index contributed by atoms with van der Waals surface area (Å²) in [6, 6.07) is 13.3. The van der Waals surface area contributed by atoms with E-state index in [0.29, 0.717) is 12.1 Å². The molecule has 0 radical (unpaired) electrons. The third-order valence-corrected chi connectivity index (χ3v) is 5.33. The Morgan fingerprint density at radius 3 is 2.67 bits per heavy atom. The standard InChI is InChI=1S/C20H19NO3/c1-20(2)10-16-13-7-5-8-14(19(23)24)17(13)18(22)21(16)11-12-6-3-4-9-15(12)20/h3-9,16H,10-11H2,1-2H3,(H,23,24)/t16-/m1/s1. The lowest BCUT2D eigenvalue weighted by molar-refractivity contribution is 0.0662. The van der Waals surface area contributed by atoms with Gasteiger partial charge in [0.05, 0.1) is 17.2 Å². The first-order valence-corrected chi connectivity index (χ1v) is 8.16. The molecule has 2 aromatic rings. The zero-order chi connectivity index (χ0) is 17.1. The Labute approximate surface area is 140 Å². The number of hydrogen-bond acceptors (Lipinski definition) is 2. The first kappa shape index (κ1) is 14.9. The number of hydrogen-bond donors (Lipinski definition) is 1. The van der Waals surface area contributed by atoms with Crippen molar-refractivity contribution in [3.05, 3.63) is 70.3 Å². The minimum atomic E-state index is -1.04. The van der Waals surface area contributed by atoms with Crippen molar-refractivity contribution < 1.29 is 14.7 Å². The molecule has 0 bridgehead atoms. The number of carboxylic acids is 1. The number of carboxylic acid groups (broad SMARTS) is 1. The summed E-state index contributed by atoms with van der Waals surface area (Å²) in [7, 11) is 0. The smallest absolute Gasteiger partial charge is 0.336 e. The number of fused-ring (bicyclic) bond motifs is 4. The fourth-order valence-corrected chi connectivity index (χ4v) is 4.22. The van der Waals surface area contributed by atoms with Gasteiger partial charge in [-0.05, 0) is 34.6 Å². The lowest BCUT2D eigenvalue weighted by atomic mass is 9.77. The van der Waals surface area contributed by atoms with Crippen LogP contribution in [0.4, 0.5) is 0 Å². The number of carbonyl (C=O) groups excluding carboxylic acids is 1. The van der Waals surface area contributed by atoms with Gasteiger partial charge in [0.15, 0.2) is 0 Å². The fraction of sp³-hybridized carbons (Fsp3) is 0.300. The van der Waals surface area contributed by atoms with E-state index in [0.717, 1.165) is 17.5 Å². The van der Waals surface area contributed by atoms with Gasteiger partial charge < -0.3 is 10.0 Å². The molecule has 0 fully saturated rings. The molecule has 2 heterocycles. The molecule has 0 unspecified atom stereocenters. The SMILES string of the molecule is CC1(C)C[C@@H]2c3cccc(C(=O)O)c3C(=O)N2Cc2ccccc21. The van der Waals surface area contributed by atoms with Crippen molar-refractivity contribution in [3.8, 4) is 0 Å². The predicted molar refractivity (Wildman–Crippen MR) is 90.1 cm³/mol. The molecule has 122 valence electrons. The van der Waals surface area contributed by atoms with Crippen LogP contribution in [-0.4, -0.2) is 21.9 Å². The Hall–Kier alpha value is -2.62. The maximum atomic E-state index is 13.0. The highest BCUT2D eigenvalue weighted by Gasteiger charge is 2.44. The van der Waals surface area contributed by atoms with Crippen molar-refractivity contribution in [2.24, 2.45) is 0 Å². The molecule has 1 amide bonds. The first-order valence-electron chi connectivity index (χ1n) is 8.16. The van der Waals surface area contributed by atoms with Crippen molar-refractivity contribution in [2.75, 3.05) is 0 Å². The molecule has 0 saturated carbocycles. The van der Waals surface area contributed by atoms with Crippen LogP contribution in [0, 0.1) is 0 Å². The molecule has 2 aromatic carbocycles. The van der Waals surface area contributed by atoms with Crippen LogP contribution in [0.1, 0.15) is 63.7 Å². The molecule has 4 rings (SSSR count). The van der Waals surface area contributed by atoms with Crippen LogP contribution < -0.4 is 0 Å². The number of rotatable bonds is 1. The lowest BCUT2D eigenvalue weighted by Gasteiger charge is -2.29. The van der Waals surface area contributed by atoms with E-state index in [-0.39, 0.29) is 22.9 Å². The highest BCUT2D eigenvalue weighted by atomic mass is 16.4. The summed E-state index contributed by atoms with van der Waals surface area (Å²) in [6.07, 6.45) is 0.784. The van der Waals surface area contributed by atoms with Crippen molar-refractivity contribution in [1.29, 1.82) is 0 Å².